The molecule has 3 heteroatoms. The Labute approximate surface area is 91.8 Å². The summed E-state index contributed by atoms with van der Waals surface area (Å²) in [5.41, 5.74) is 0. The Morgan fingerprint density at radius 3 is 2.93 bits per heavy atom. The molecule has 15 heavy (non-hydrogen) atoms. The molecule has 0 spiro atoms. The van der Waals surface area contributed by atoms with Crippen LogP contribution in [0.2, 0.25) is 0 Å². The highest BCUT2D eigenvalue weighted by Crippen LogP contribution is 2.35. The first kappa shape index (κ1) is 11.1. The molecule has 1 aliphatic carbocycles. The Morgan fingerprint density at radius 1 is 1.33 bits per heavy atom. The summed E-state index contributed by atoms with van der Waals surface area (Å²) in [6, 6.07) is 0.694. The van der Waals surface area contributed by atoms with Gasteiger partial charge in [-0.25, -0.2) is 0 Å². The van der Waals surface area contributed by atoms with Crippen molar-refractivity contribution in [3.63, 3.8) is 0 Å². The van der Waals surface area contributed by atoms with Gasteiger partial charge in [0.05, 0.1) is 6.54 Å². The average Bonchev–Trinajstić information content (AvgIpc) is 2.62. The molecule has 1 saturated carbocycles. The molecule has 2 atom stereocenters. The number of hydrogen-bond donors (Lipinski definition) is 0. The summed E-state index contributed by atoms with van der Waals surface area (Å²) in [6.07, 6.45) is 6.70. The first-order chi connectivity index (χ1) is 7.31. The lowest BCUT2D eigenvalue weighted by Gasteiger charge is -2.31. The molecule has 1 aliphatic heterocycles. The summed E-state index contributed by atoms with van der Waals surface area (Å²) in [7, 11) is 1.59. The fourth-order valence-corrected chi connectivity index (χ4v) is 3.13. The molecule has 2 fully saturated rings. The van der Waals surface area contributed by atoms with Gasteiger partial charge in [0, 0.05) is 13.2 Å². The maximum atomic E-state index is 11.5. The quantitative estimate of drug-likeness (QED) is 0.705. The second-order valence-corrected chi connectivity index (χ2v) is 4.84. The second-order valence-electron chi connectivity index (χ2n) is 4.84. The van der Waals surface area contributed by atoms with Crippen LogP contribution in [0.1, 0.15) is 32.1 Å². The Hall–Kier alpha value is -0.410. The summed E-state index contributed by atoms with van der Waals surface area (Å²) in [6.45, 7) is 1.99. The summed E-state index contributed by atoms with van der Waals surface area (Å²) in [4.78, 5) is 13.9. The highest BCUT2D eigenvalue weighted by molar-refractivity contribution is 5.81. The molecule has 86 valence electrons. The van der Waals surface area contributed by atoms with Gasteiger partial charge in [-0.1, -0.05) is 12.8 Å². The summed E-state index contributed by atoms with van der Waals surface area (Å²) in [5, 5.41) is 0. The van der Waals surface area contributed by atoms with Crippen LogP contribution in [0.5, 0.6) is 0 Å². The van der Waals surface area contributed by atoms with E-state index in [0.29, 0.717) is 12.6 Å². The van der Waals surface area contributed by atoms with Crippen molar-refractivity contribution in [3.8, 4) is 0 Å². The largest absolute Gasteiger partial charge is 0.377 e. The molecule has 0 aromatic carbocycles. The molecule has 2 aliphatic rings. The smallest absolute Gasteiger partial charge is 0.172 e. The first-order valence-corrected chi connectivity index (χ1v) is 6.06. The van der Waals surface area contributed by atoms with Crippen molar-refractivity contribution >= 4 is 5.78 Å². The monoisotopic (exact) mass is 211 g/mol. The molecular weight excluding hydrogens is 190 g/mol. The molecule has 0 bridgehead atoms. The maximum absolute atomic E-state index is 11.5. The Balaban J connectivity index is 1.85. The Bertz CT molecular complexity index is 230. The third-order valence-corrected chi connectivity index (χ3v) is 3.81. The van der Waals surface area contributed by atoms with Gasteiger partial charge >= 0.3 is 0 Å². The molecule has 0 amide bonds. The molecule has 0 aromatic rings. The number of methoxy groups -OCH3 is 1. The summed E-state index contributed by atoms with van der Waals surface area (Å²) < 4.78 is 4.87. The van der Waals surface area contributed by atoms with E-state index in [2.05, 4.69) is 4.90 Å². The third kappa shape index (κ3) is 2.58. The van der Waals surface area contributed by atoms with E-state index in [0.717, 1.165) is 12.5 Å². The van der Waals surface area contributed by atoms with E-state index in [1.54, 1.807) is 7.11 Å². The van der Waals surface area contributed by atoms with E-state index in [9.17, 15) is 4.79 Å². The van der Waals surface area contributed by atoms with Gasteiger partial charge in [0.15, 0.2) is 5.78 Å². The van der Waals surface area contributed by atoms with Crippen molar-refractivity contribution in [1.29, 1.82) is 0 Å². The maximum Gasteiger partial charge on any atom is 0.172 e. The van der Waals surface area contributed by atoms with Crippen LogP contribution in [0.25, 0.3) is 0 Å². The number of fused-ring (bicyclic) bond motifs is 1. The molecule has 1 saturated heterocycles. The van der Waals surface area contributed by atoms with Crippen molar-refractivity contribution in [2.75, 3.05) is 26.8 Å². The van der Waals surface area contributed by atoms with Crippen molar-refractivity contribution in [1.82, 2.24) is 4.90 Å². The van der Waals surface area contributed by atoms with E-state index in [-0.39, 0.29) is 12.4 Å². The average molecular weight is 211 g/mol. The molecule has 0 N–H and O–H groups in total. The molecular formula is C12H21NO2. The van der Waals surface area contributed by atoms with Gasteiger partial charge in [-0.05, 0) is 31.7 Å². The number of nitrogens with zero attached hydrogens (tertiary/aromatic N) is 1. The van der Waals surface area contributed by atoms with Gasteiger partial charge in [0.25, 0.3) is 0 Å². The lowest BCUT2D eigenvalue weighted by atomic mass is 9.85. The minimum Gasteiger partial charge on any atom is -0.377 e. The first-order valence-electron chi connectivity index (χ1n) is 6.06. The summed E-state index contributed by atoms with van der Waals surface area (Å²) >= 11 is 0. The number of rotatable bonds is 4. The van der Waals surface area contributed by atoms with E-state index in [1.807, 2.05) is 0 Å². The van der Waals surface area contributed by atoms with Crippen LogP contribution in [0, 0.1) is 5.92 Å². The molecule has 3 nitrogen and oxygen atoms in total. The molecule has 1 heterocycles. The topological polar surface area (TPSA) is 29.5 Å². The van der Waals surface area contributed by atoms with Gasteiger partial charge in [0.2, 0.25) is 0 Å². The number of carbonyl (C=O) groups is 1. The van der Waals surface area contributed by atoms with Crippen LogP contribution in [0.4, 0.5) is 0 Å². The second kappa shape index (κ2) is 5.08. The van der Waals surface area contributed by atoms with Crippen molar-refractivity contribution < 1.29 is 9.53 Å². The predicted octanol–water partition coefficient (Wildman–Crippen LogP) is 1.47. The van der Waals surface area contributed by atoms with Crippen LogP contribution >= 0.6 is 0 Å². The normalized spacial score (nSPS) is 31.5. The predicted molar refractivity (Wildman–Crippen MR) is 58.8 cm³/mol. The number of Topliss-reactive ketones (excluding diaryl/α,β-unsaturated/α-hetero) is 1. The minimum absolute atomic E-state index is 0.226. The van der Waals surface area contributed by atoms with Crippen LogP contribution in [-0.2, 0) is 9.53 Å². The Morgan fingerprint density at radius 2 is 2.13 bits per heavy atom. The lowest BCUT2D eigenvalue weighted by Crippen LogP contribution is -2.39. The van der Waals surface area contributed by atoms with Crippen LogP contribution in [0.15, 0.2) is 0 Å². The fraction of sp³-hybridized carbons (Fsp3) is 0.917. The number of ketones is 1. The minimum atomic E-state index is 0.226. The number of carbonyl (C=O) groups excluding carboxylic acids is 1. The van der Waals surface area contributed by atoms with E-state index in [4.69, 9.17) is 4.74 Å². The molecule has 2 rings (SSSR count). The zero-order valence-electron chi connectivity index (χ0n) is 9.58. The van der Waals surface area contributed by atoms with Crippen LogP contribution in [0.3, 0.4) is 0 Å². The zero-order chi connectivity index (χ0) is 10.7. The van der Waals surface area contributed by atoms with Crippen LogP contribution < -0.4 is 0 Å². The number of likely N-dealkylation sites (tertiary alicyclic amines) is 1. The standard InChI is InChI=1S/C12H21NO2/c1-15-9-11(14)8-13-7-6-10-4-2-3-5-12(10)13/h10,12H,2-9H2,1H3. The van der Waals surface area contributed by atoms with Gasteiger partial charge in [-0.3, -0.25) is 9.69 Å². The number of hydrogen-bond acceptors (Lipinski definition) is 3. The van der Waals surface area contributed by atoms with E-state index < -0.39 is 0 Å². The summed E-state index contributed by atoms with van der Waals surface area (Å²) in [5.74, 6) is 1.10. The molecule has 0 radical (unpaired) electrons. The van der Waals surface area contributed by atoms with Gasteiger partial charge < -0.3 is 4.74 Å². The van der Waals surface area contributed by atoms with E-state index >= 15 is 0 Å². The van der Waals surface area contributed by atoms with Crippen molar-refractivity contribution in [3.05, 3.63) is 0 Å². The third-order valence-electron chi connectivity index (χ3n) is 3.81. The van der Waals surface area contributed by atoms with Gasteiger partial charge in [0.1, 0.15) is 6.61 Å². The lowest BCUT2D eigenvalue weighted by molar-refractivity contribution is -0.124. The van der Waals surface area contributed by atoms with E-state index in [1.165, 1.54) is 32.1 Å². The zero-order valence-corrected chi connectivity index (χ0v) is 9.58. The highest BCUT2D eigenvalue weighted by atomic mass is 16.5. The van der Waals surface area contributed by atoms with Gasteiger partial charge in [-0.15, -0.1) is 0 Å². The Kier molecular flexibility index (Phi) is 3.76. The SMILES string of the molecule is COCC(=O)CN1CCC2CCCCC21. The van der Waals surface area contributed by atoms with Crippen LogP contribution in [-0.4, -0.2) is 43.5 Å². The highest BCUT2D eigenvalue weighted by Gasteiger charge is 2.35. The van der Waals surface area contributed by atoms with Crippen molar-refractivity contribution in [2.24, 2.45) is 5.92 Å². The van der Waals surface area contributed by atoms with Crippen molar-refractivity contribution in [2.45, 2.75) is 38.1 Å². The number of ether oxygens (including phenoxy) is 1. The molecule has 2 unspecified atom stereocenters. The molecule has 0 aromatic heterocycles. The van der Waals surface area contributed by atoms with Gasteiger partial charge in [-0.2, -0.15) is 0 Å². The fourth-order valence-electron chi connectivity index (χ4n) is 3.13.